The van der Waals surface area contributed by atoms with Gasteiger partial charge >= 0.3 is 0 Å². The highest BCUT2D eigenvalue weighted by atomic mass is 19.1. The fourth-order valence-corrected chi connectivity index (χ4v) is 4.20. The lowest BCUT2D eigenvalue weighted by atomic mass is 10.1. The molecule has 0 radical (unpaired) electrons. The molecule has 1 aliphatic heterocycles. The van der Waals surface area contributed by atoms with Gasteiger partial charge in [-0.3, -0.25) is 14.2 Å². The van der Waals surface area contributed by atoms with Gasteiger partial charge in [0.25, 0.3) is 5.56 Å². The maximum atomic E-state index is 14.4. The Hall–Kier alpha value is -4.41. The molecule has 1 fully saturated rings. The van der Waals surface area contributed by atoms with Crippen LogP contribution in [-0.4, -0.2) is 46.4 Å². The van der Waals surface area contributed by atoms with Gasteiger partial charge in [0.2, 0.25) is 0 Å². The molecule has 158 valence electrons. The molecule has 0 unspecified atom stereocenters. The third-order valence-electron chi connectivity index (χ3n) is 5.59. The Kier molecular flexibility index (Phi) is 3.90. The fraction of sp³-hybridized carbons (Fsp3) is 0.143. The van der Waals surface area contributed by atoms with Gasteiger partial charge in [0.1, 0.15) is 11.8 Å². The molecule has 0 amide bonds. The number of nitrogens with zero attached hydrogens (tertiary/aromatic N) is 7. The van der Waals surface area contributed by atoms with E-state index in [9.17, 15) is 14.0 Å². The highest BCUT2D eigenvalue weighted by molar-refractivity contribution is 5.92. The number of rotatable bonds is 3. The van der Waals surface area contributed by atoms with Crippen LogP contribution in [0, 0.1) is 5.82 Å². The molecule has 1 aliphatic rings. The minimum atomic E-state index is -0.660. The van der Waals surface area contributed by atoms with Crippen molar-refractivity contribution in [3.8, 4) is 5.69 Å². The molecule has 0 spiro atoms. The number of fused-ring (bicyclic) bond motifs is 2. The lowest BCUT2D eigenvalue weighted by Crippen LogP contribution is -2.33. The number of imidazole rings is 1. The van der Waals surface area contributed by atoms with E-state index in [1.54, 1.807) is 29.2 Å². The minimum Gasteiger partial charge on any atom is -0.337 e. The standard InChI is InChI=1S/C21H15FN8O2/c22-14-6-7-29-17(14)21(32)30(12-4-2-1-3-5-12)19(27-29)15-8-13(31)9-28(15)20-16-18(24-10-23-16)25-11-26-20/h1-7,10-11,15H,8-9H2,(H,23,24,25,26)/t15-/m0/s1. The topological polar surface area (TPSA) is 114 Å². The van der Waals surface area contributed by atoms with Crippen LogP contribution in [0.2, 0.25) is 0 Å². The molecule has 32 heavy (non-hydrogen) atoms. The first-order chi connectivity index (χ1) is 15.6. The van der Waals surface area contributed by atoms with E-state index < -0.39 is 17.4 Å². The van der Waals surface area contributed by atoms with Gasteiger partial charge in [0.05, 0.1) is 24.6 Å². The molecule has 6 rings (SSSR count). The second kappa shape index (κ2) is 6.80. The third kappa shape index (κ3) is 2.64. The highest BCUT2D eigenvalue weighted by Crippen LogP contribution is 2.35. The number of carbonyl (C=O) groups excluding carboxylic acids is 1. The molecule has 4 aromatic heterocycles. The Bertz CT molecular complexity index is 1550. The van der Waals surface area contributed by atoms with E-state index in [1.807, 2.05) is 6.07 Å². The molecule has 5 heterocycles. The van der Waals surface area contributed by atoms with Gasteiger partial charge in [-0.05, 0) is 18.2 Å². The number of halogens is 1. The van der Waals surface area contributed by atoms with E-state index in [0.717, 1.165) is 0 Å². The van der Waals surface area contributed by atoms with E-state index in [4.69, 9.17) is 0 Å². The lowest BCUT2D eigenvalue weighted by molar-refractivity contribution is -0.116. The first-order valence-corrected chi connectivity index (χ1v) is 9.89. The summed E-state index contributed by atoms with van der Waals surface area (Å²) in [6, 6.07) is 9.43. The highest BCUT2D eigenvalue weighted by Gasteiger charge is 2.38. The van der Waals surface area contributed by atoms with Crippen LogP contribution in [0.5, 0.6) is 0 Å². The van der Waals surface area contributed by atoms with Crippen molar-refractivity contribution in [3.05, 3.63) is 77.2 Å². The molecule has 0 bridgehead atoms. The molecule has 10 nitrogen and oxygen atoms in total. The van der Waals surface area contributed by atoms with Crippen molar-refractivity contribution in [2.75, 3.05) is 11.4 Å². The summed E-state index contributed by atoms with van der Waals surface area (Å²) in [4.78, 5) is 43.5. The Balaban J connectivity index is 1.62. The molecule has 5 aromatic rings. The van der Waals surface area contributed by atoms with Crippen LogP contribution in [0.3, 0.4) is 0 Å². The number of benzene rings is 1. The van der Waals surface area contributed by atoms with E-state index in [-0.39, 0.29) is 24.3 Å². The summed E-state index contributed by atoms with van der Waals surface area (Å²) in [5.74, 6) is 0.0641. The van der Waals surface area contributed by atoms with Crippen molar-refractivity contribution in [1.82, 2.24) is 34.1 Å². The summed E-state index contributed by atoms with van der Waals surface area (Å²) >= 11 is 0. The molecular weight excluding hydrogens is 415 g/mol. The molecule has 1 aromatic carbocycles. The Labute approximate surface area is 179 Å². The Morgan fingerprint density at radius 2 is 1.91 bits per heavy atom. The van der Waals surface area contributed by atoms with Gasteiger partial charge in [0.15, 0.2) is 34.4 Å². The zero-order valence-corrected chi connectivity index (χ0v) is 16.5. The number of nitrogens with one attached hydrogen (secondary N) is 1. The molecular formula is C21H15FN8O2. The van der Waals surface area contributed by atoms with Crippen LogP contribution >= 0.6 is 0 Å². The van der Waals surface area contributed by atoms with E-state index in [1.165, 1.54) is 34.0 Å². The monoisotopic (exact) mass is 430 g/mol. The molecule has 1 N–H and O–H groups in total. The molecule has 1 saturated heterocycles. The van der Waals surface area contributed by atoms with Crippen molar-refractivity contribution in [3.63, 3.8) is 0 Å². The number of para-hydroxylation sites is 1. The van der Waals surface area contributed by atoms with Crippen molar-refractivity contribution in [2.45, 2.75) is 12.5 Å². The molecule has 1 atom stereocenters. The second-order valence-corrected chi connectivity index (χ2v) is 7.47. The van der Waals surface area contributed by atoms with Crippen molar-refractivity contribution in [1.29, 1.82) is 0 Å². The predicted molar refractivity (Wildman–Crippen MR) is 112 cm³/mol. The average Bonchev–Trinajstić information content (AvgIpc) is 3.52. The van der Waals surface area contributed by atoms with Gasteiger partial charge < -0.3 is 9.88 Å². The Morgan fingerprint density at radius 1 is 1.06 bits per heavy atom. The van der Waals surface area contributed by atoms with Gasteiger partial charge in [-0.25, -0.2) is 23.9 Å². The van der Waals surface area contributed by atoms with Crippen LogP contribution in [0.25, 0.3) is 22.4 Å². The van der Waals surface area contributed by atoms with Crippen LogP contribution in [0.1, 0.15) is 18.3 Å². The van der Waals surface area contributed by atoms with Gasteiger partial charge in [-0.2, -0.15) is 5.10 Å². The summed E-state index contributed by atoms with van der Waals surface area (Å²) < 4.78 is 17.0. The Morgan fingerprint density at radius 3 is 2.75 bits per heavy atom. The van der Waals surface area contributed by atoms with Crippen LogP contribution in [-0.2, 0) is 4.79 Å². The van der Waals surface area contributed by atoms with Crippen LogP contribution < -0.4 is 10.5 Å². The second-order valence-electron chi connectivity index (χ2n) is 7.47. The first kappa shape index (κ1) is 18.4. The number of carbonyl (C=O) groups is 1. The zero-order chi connectivity index (χ0) is 21.8. The SMILES string of the molecule is O=C1C[C@@H](c2nn3ccc(F)c3c(=O)n2-c2ccccc2)N(c2ncnc3[nH]cnc23)C1. The number of Topliss-reactive ketones (excluding diaryl/α,β-unsaturated/α-hetero) is 1. The smallest absolute Gasteiger partial charge is 0.285 e. The largest absolute Gasteiger partial charge is 0.337 e. The number of anilines is 1. The summed E-state index contributed by atoms with van der Waals surface area (Å²) in [5.41, 5.74) is 0.842. The van der Waals surface area contributed by atoms with Gasteiger partial charge in [-0.15, -0.1) is 0 Å². The maximum Gasteiger partial charge on any atom is 0.285 e. The molecule has 0 aliphatic carbocycles. The third-order valence-corrected chi connectivity index (χ3v) is 5.59. The maximum absolute atomic E-state index is 14.4. The van der Waals surface area contributed by atoms with Crippen molar-refractivity contribution < 1.29 is 9.18 Å². The van der Waals surface area contributed by atoms with Gasteiger partial charge in [0, 0.05) is 12.6 Å². The number of aromatic nitrogens is 7. The van der Waals surface area contributed by atoms with E-state index >= 15 is 0 Å². The first-order valence-electron chi connectivity index (χ1n) is 9.89. The normalized spacial score (nSPS) is 16.5. The quantitative estimate of drug-likeness (QED) is 0.464. The van der Waals surface area contributed by atoms with Gasteiger partial charge in [-0.1, -0.05) is 18.2 Å². The van der Waals surface area contributed by atoms with Crippen LogP contribution in [0.15, 0.2) is 60.0 Å². The average molecular weight is 430 g/mol. The lowest BCUT2D eigenvalue weighted by Gasteiger charge is -2.26. The number of aromatic amines is 1. The molecule has 0 saturated carbocycles. The number of H-pyrrole nitrogens is 1. The van der Waals surface area contributed by atoms with E-state index in [0.29, 0.717) is 28.5 Å². The zero-order valence-electron chi connectivity index (χ0n) is 16.5. The van der Waals surface area contributed by atoms with E-state index in [2.05, 4.69) is 25.0 Å². The predicted octanol–water partition coefficient (Wildman–Crippen LogP) is 1.81. The summed E-state index contributed by atoms with van der Waals surface area (Å²) in [7, 11) is 0. The number of hydrogen-bond donors (Lipinski definition) is 1. The summed E-state index contributed by atoms with van der Waals surface area (Å²) in [6.07, 6.45) is 4.40. The summed E-state index contributed by atoms with van der Waals surface area (Å²) in [6.45, 7) is 0.0758. The fourth-order valence-electron chi connectivity index (χ4n) is 4.20. The number of ketones is 1. The molecule has 11 heteroatoms. The summed E-state index contributed by atoms with van der Waals surface area (Å²) in [5, 5.41) is 4.57. The number of hydrogen-bond acceptors (Lipinski definition) is 7. The van der Waals surface area contributed by atoms with Crippen LogP contribution in [0.4, 0.5) is 10.2 Å². The van der Waals surface area contributed by atoms with Crippen molar-refractivity contribution >= 4 is 28.3 Å². The van der Waals surface area contributed by atoms with Crippen molar-refractivity contribution in [2.24, 2.45) is 0 Å². The minimum absolute atomic E-state index is 0.0371.